The molecule has 0 aliphatic heterocycles. The third-order valence-corrected chi connectivity index (χ3v) is 5.01. The predicted molar refractivity (Wildman–Crippen MR) is 99.3 cm³/mol. The lowest BCUT2D eigenvalue weighted by molar-refractivity contribution is -0.141. The van der Waals surface area contributed by atoms with E-state index in [0.717, 1.165) is 29.9 Å². The fourth-order valence-electron chi connectivity index (χ4n) is 3.52. The van der Waals surface area contributed by atoms with E-state index in [9.17, 15) is 18.0 Å². The van der Waals surface area contributed by atoms with Gasteiger partial charge in [-0.25, -0.2) is 4.68 Å². The zero-order valence-electron chi connectivity index (χ0n) is 16.3. The molecule has 11 heteroatoms. The maximum Gasteiger partial charge on any atom is 0.433 e. The van der Waals surface area contributed by atoms with E-state index in [1.165, 1.54) is 28.6 Å². The zero-order chi connectivity index (χ0) is 21.5. The van der Waals surface area contributed by atoms with Crippen LogP contribution < -0.4 is 10.1 Å². The van der Waals surface area contributed by atoms with Gasteiger partial charge in [0.1, 0.15) is 11.4 Å². The van der Waals surface area contributed by atoms with Crippen LogP contribution in [0.2, 0.25) is 0 Å². The zero-order valence-corrected chi connectivity index (χ0v) is 16.3. The fourth-order valence-corrected chi connectivity index (χ4v) is 3.52. The van der Waals surface area contributed by atoms with Crippen molar-refractivity contribution in [2.24, 2.45) is 7.05 Å². The van der Waals surface area contributed by atoms with Crippen LogP contribution in [0.1, 0.15) is 46.3 Å². The molecule has 4 rings (SSSR count). The van der Waals surface area contributed by atoms with Gasteiger partial charge >= 0.3 is 6.18 Å². The second kappa shape index (κ2) is 7.47. The molecule has 0 saturated carbocycles. The van der Waals surface area contributed by atoms with Crippen molar-refractivity contribution in [2.75, 3.05) is 7.11 Å². The van der Waals surface area contributed by atoms with Crippen LogP contribution in [-0.4, -0.2) is 37.6 Å². The number of carbonyl (C=O) groups is 1. The summed E-state index contributed by atoms with van der Waals surface area (Å²) in [6, 6.07) is 3.65. The van der Waals surface area contributed by atoms with Gasteiger partial charge < -0.3 is 10.1 Å². The molecule has 158 valence electrons. The molecule has 0 unspecified atom stereocenters. The molecule has 1 atom stereocenters. The molecule has 1 aliphatic carbocycles. The van der Waals surface area contributed by atoms with Crippen molar-refractivity contribution in [3.8, 4) is 11.6 Å². The number of methoxy groups -OCH3 is 1. The summed E-state index contributed by atoms with van der Waals surface area (Å²) in [7, 11) is 3.11. The standard InChI is InChI=1S/C19H19F3N6O2/c1-27-15(9-17(26-27)30-2)18(29)24-13-4-3-5-14-12(13)10-28(25-14)11-6-7-23-16(8-11)19(20,21)22/h6-10,13H,3-5H2,1-2H3,(H,24,29)/t13-/m0/s1. The Bertz CT molecular complexity index is 1090. The van der Waals surface area contributed by atoms with Gasteiger partial charge in [-0.15, -0.1) is 5.10 Å². The van der Waals surface area contributed by atoms with Crippen molar-refractivity contribution in [2.45, 2.75) is 31.5 Å². The number of aryl methyl sites for hydroxylation is 2. The van der Waals surface area contributed by atoms with Crippen molar-refractivity contribution in [3.63, 3.8) is 0 Å². The summed E-state index contributed by atoms with van der Waals surface area (Å²) >= 11 is 0. The number of hydrogen-bond donors (Lipinski definition) is 1. The number of halogens is 3. The van der Waals surface area contributed by atoms with E-state index in [-0.39, 0.29) is 17.6 Å². The summed E-state index contributed by atoms with van der Waals surface area (Å²) in [5.41, 5.74) is 1.15. The molecular weight excluding hydrogens is 401 g/mol. The van der Waals surface area contributed by atoms with Gasteiger partial charge in [-0.2, -0.15) is 18.3 Å². The van der Waals surface area contributed by atoms with Gasteiger partial charge in [-0.05, 0) is 31.4 Å². The summed E-state index contributed by atoms with van der Waals surface area (Å²) in [6.07, 6.45) is 0.416. The number of rotatable bonds is 4. The van der Waals surface area contributed by atoms with Gasteiger partial charge in [0.25, 0.3) is 5.91 Å². The highest BCUT2D eigenvalue weighted by Gasteiger charge is 2.33. The maximum atomic E-state index is 13.0. The first-order valence-electron chi connectivity index (χ1n) is 9.27. The molecule has 3 aromatic heterocycles. The lowest BCUT2D eigenvalue weighted by Crippen LogP contribution is -2.31. The van der Waals surface area contributed by atoms with Crippen molar-refractivity contribution in [1.82, 2.24) is 29.9 Å². The third-order valence-electron chi connectivity index (χ3n) is 5.01. The van der Waals surface area contributed by atoms with Crippen molar-refractivity contribution >= 4 is 5.91 Å². The Hall–Kier alpha value is -3.37. The Kier molecular flexibility index (Phi) is 4.96. The molecule has 8 nitrogen and oxygen atoms in total. The first-order chi connectivity index (χ1) is 14.3. The van der Waals surface area contributed by atoms with Crippen LogP contribution in [0, 0.1) is 0 Å². The van der Waals surface area contributed by atoms with Crippen LogP contribution in [0.15, 0.2) is 30.6 Å². The summed E-state index contributed by atoms with van der Waals surface area (Å²) in [6.45, 7) is 0. The molecule has 3 aromatic rings. The molecule has 1 aliphatic rings. The van der Waals surface area contributed by atoms with E-state index in [0.29, 0.717) is 24.4 Å². The monoisotopic (exact) mass is 420 g/mol. The third kappa shape index (κ3) is 3.74. The molecular formula is C19H19F3N6O2. The molecule has 1 amide bonds. The van der Waals surface area contributed by atoms with Crippen LogP contribution in [0.25, 0.3) is 5.69 Å². The highest BCUT2D eigenvalue weighted by Crippen LogP contribution is 2.32. The second-order valence-electron chi connectivity index (χ2n) is 6.99. The molecule has 3 heterocycles. The average molecular weight is 420 g/mol. The van der Waals surface area contributed by atoms with Crippen molar-refractivity contribution < 1.29 is 22.7 Å². The quantitative estimate of drug-likeness (QED) is 0.702. The summed E-state index contributed by atoms with van der Waals surface area (Å²) < 4.78 is 46.8. The van der Waals surface area contributed by atoms with Crippen LogP contribution in [0.3, 0.4) is 0 Å². The van der Waals surface area contributed by atoms with Crippen molar-refractivity contribution in [3.05, 3.63) is 53.2 Å². The predicted octanol–water partition coefficient (Wildman–Crippen LogP) is 2.84. The van der Waals surface area contributed by atoms with Crippen LogP contribution >= 0.6 is 0 Å². The van der Waals surface area contributed by atoms with E-state index < -0.39 is 11.9 Å². The highest BCUT2D eigenvalue weighted by molar-refractivity contribution is 5.93. The Morgan fingerprint density at radius 2 is 2.10 bits per heavy atom. The topological polar surface area (TPSA) is 86.9 Å². The summed E-state index contributed by atoms with van der Waals surface area (Å²) in [5.74, 6) is 0.0140. The number of amides is 1. The molecule has 0 saturated heterocycles. The normalized spacial score (nSPS) is 16.2. The van der Waals surface area contributed by atoms with E-state index in [4.69, 9.17) is 4.74 Å². The number of pyridine rings is 1. The van der Waals surface area contributed by atoms with Gasteiger partial charge in [0.05, 0.1) is 24.5 Å². The number of alkyl halides is 3. The maximum absolute atomic E-state index is 13.0. The highest BCUT2D eigenvalue weighted by atomic mass is 19.4. The number of nitrogens with zero attached hydrogens (tertiary/aromatic N) is 5. The first kappa shape index (κ1) is 19.9. The van der Waals surface area contributed by atoms with Gasteiger partial charge in [-0.3, -0.25) is 14.5 Å². The van der Waals surface area contributed by atoms with Gasteiger partial charge in [0, 0.05) is 31.1 Å². The fraction of sp³-hybridized carbons (Fsp3) is 0.368. The van der Waals surface area contributed by atoms with E-state index in [2.05, 4.69) is 20.5 Å². The number of nitrogens with one attached hydrogen (secondary N) is 1. The Balaban J connectivity index is 1.60. The Morgan fingerprint density at radius 1 is 1.30 bits per heavy atom. The van der Waals surface area contributed by atoms with Gasteiger partial charge in [0.2, 0.25) is 5.88 Å². The second-order valence-corrected chi connectivity index (χ2v) is 6.99. The molecule has 0 fully saturated rings. The molecule has 0 bridgehead atoms. The lowest BCUT2D eigenvalue weighted by atomic mass is 9.93. The molecule has 1 N–H and O–H groups in total. The summed E-state index contributed by atoms with van der Waals surface area (Å²) in [5, 5.41) is 11.5. The van der Waals surface area contributed by atoms with E-state index in [1.807, 2.05) is 0 Å². The minimum absolute atomic E-state index is 0.258. The minimum atomic E-state index is -4.54. The number of fused-ring (bicyclic) bond motifs is 1. The van der Waals surface area contributed by atoms with Crippen LogP contribution in [0.4, 0.5) is 13.2 Å². The average Bonchev–Trinajstić information content (AvgIpc) is 3.31. The Labute approximate surface area is 169 Å². The lowest BCUT2D eigenvalue weighted by Gasteiger charge is -2.22. The largest absolute Gasteiger partial charge is 0.480 e. The molecule has 0 radical (unpaired) electrons. The number of aromatic nitrogens is 5. The van der Waals surface area contributed by atoms with E-state index >= 15 is 0 Å². The minimum Gasteiger partial charge on any atom is -0.480 e. The molecule has 0 aromatic carbocycles. The van der Waals surface area contributed by atoms with Gasteiger partial charge in [-0.1, -0.05) is 0 Å². The SMILES string of the molecule is COc1cc(C(=O)N[C@H]2CCCc3nn(-c4ccnc(C(F)(F)F)c4)cc32)n(C)n1. The molecule has 30 heavy (non-hydrogen) atoms. The number of ether oxygens (including phenoxy) is 1. The van der Waals surface area contributed by atoms with E-state index in [1.54, 1.807) is 13.2 Å². The Morgan fingerprint density at radius 3 is 2.80 bits per heavy atom. The van der Waals surface area contributed by atoms with Gasteiger partial charge in [0.15, 0.2) is 0 Å². The van der Waals surface area contributed by atoms with Crippen molar-refractivity contribution in [1.29, 1.82) is 0 Å². The number of carbonyl (C=O) groups excluding carboxylic acids is 1. The smallest absolute Gasteiger partial charge is 0.433 e. The molecule has 0 spiro atoms. The van der Waals surface area contributed by atoms with Crippen LogP contribution in [-0.2, 0) is 19.6 Å². The first-order valence-corrected chi connectivity index (χ1v) is 9.27. The number of hydrogen-bond acceptors (Lipinski definition) is 5. The summed E-state index contributed by atoms with van der Waals surface area (Å²) in [4.78, 5) is 16.1. The van der Waals surface area contributed by atoms with Crippen LogP contribution in [0.5, 0.6) is 5.88 Å².